The molecule has 0 bridgehead atoms. The van der Waals surface area contributed by atoms with Gasteiger partial charge in [-0.2, -0.15) is 4.31 Å². The first-order valence-corrected chi connectivity index (χ1v) is 12.7. The van der Waals surface area contributed by atoms with Crippen molar-refractivity contribution in [2.45, 2.75) is 24.2 Å². The van der Waals surface area contributed by atoms with Crippen molar-refractivity contribution in [1.82, 2.24) is 14.1 Å². The molecule has 2 aliphatic heterocycles. The molecule has 34 heavy (non-hydrogen) atoms. The van der Waals surface area contributed by atoms with Crippen molar-refractivity contribution in [2.75, 3.05) is 45.9 Å². The summed E-state index contributed by atoms with van der Waals surface area (Å²) < 4.78 is 37.4. The summed E-state index contributed by atoms with van der Waals surface area (Å²) in [6.07, 6.45) is 4.06. The molecule has 1 aromatic carbocycles. The lowest BCUT2D eigenvalue weighted by atomic mass is 10.2. The van der Waals surface area contributed by atoms with E-state index >= 15 is 0 Å². The van der Waals surface area contributed by atoms with Crippen LogP contribution in [0.2, 0.25) is 0 Å². The summed E-state index contributed by atoms with van der Waals surface area (Å²) in [4.78, 5) is 40.5. The maximum Gasteiger partial charge on any atom is 0.338 e. The summed E-state index contributed by atoms with van der Waals surface area (Å²) in [5.41, 5.74) is 0.0692. The van der Waals surface area contributed by atoms with E-state index in [1.165, 1.54) is 39.7 Å². The molecule has 1 aromatic heterocycles. The van der Waals surface area contributed by atoms with Crippen molar-refractivity contribution >= 4 is 27.8 Å². The average Bonchev–Trinajstić information content (AvgIpc) is 3.42. The maximum atomic E-state index is 12.9. The van der Waals surface area contributed by atoms with Gasteiger partial charge in [0.05, 0.1) is 16.7 Å². The van der Waals surface area contributed by atoms with Gasteiger partial charge in [0, 0.05) is 39.3 Å². The molecule has 2 fully saturated rings. The zero-order valence-electron chi connectivity index (χ0n) is 18.7. The van der Waals surface area contributed by atoms with E-state index in [2.05, 4.69) is 0 Å². The number of rotatable bonds is 6. The number of esters is 1. The third kappa shape index (κ3) is 5.31. The quantitative estimate of drug-likeness (QED) is 0.566. The Kier molecular flexibility index (Phi) is 7.32. The van der Waals surface area contributed by atoms with Gasteiger partial charge < -0.3 is 19.0 Å². The van der Waals surface area contributed by atoms with Gasteiger partial charge in [0.25, 0.3) is 11.8 Å². The zero-order chi connectivity index (χ0) is 24.1. The van der Waals surface area contributed by atoms with Crippen LogP contribution in [0.3, 0.4) is 0 Å². The number of amides is 2. The molecule has 182 valence electrons. The number of piperidine rings is 1. The fourth-order valence-electron chi connectivity index (χ4n) is 4.05. The van der Waals surface area contributed by atoms with E-state index in [0.717, 1.165) is 19.3 Å². The van der Waals surface area contributed by atoms with Crippen LogP contribution in [0.5, 0.6) is 0 Å². The van der Waals surface area contributed by atoms with E-state index in [-0.39, 0.29) is 28.0 Å². The number of carbonyl (C=O) groups excluding carboxylic acids is 3. The third-order valence-electron chi connectivity index (χ3n) is 6.00. The number of ether oxygens (including phenoxy) is 1. The molecule has 0 N–H and O–H groups in total. The molecule has 0 saturated carbocycles. The van der Waals surface area contributed by atoms with Crippen molar-refractivity contribution in [3.63, 3.8) is 0 Å². The van der Waals surface area contributed by atoms with Crippen LogP contribution in [-0.4, -0.2) is 86.2 Å². The molecule has 0 aliphatic carbocycles. The topological polar surface area (TPSA) is 117 Å². The number of hydrogen-bond acceptors (Lipinski definition) is 7. The molecular formula is C23H27N3O7S. The normalized spacial score (nSPS) is 17.4. The lowest BCUT2D eigenvalue weighted by molar-refractivity contribution is -0.136. The molecule has 0 atom stereocenters. The van der Waals surface area contributed by atoms with Crippen molar-refractivity contribution < 1.29 is 32.0 Å². The van der Waals surface area contributed by atoms with E-state index in [1.54, 1.807) is 17.0 Å². The SMILES string of the molecule is O=C(OCC(=O)N1CCN(C(=O)c2ccco2)CC1)c1cccc(S(=O)(=O)N2CCCCC2)c1. The molecule has 2 amide bonds. The highest BCUT2D eigenvalue weighted by molar-refractivity contribution is 7.89. The highest BCUT2D eigenvalue weighted by Gasteiger charge is 2.28. The van der Waals surface area contributed by atoms with E-state index in [9.17, 15) is 22.8 Å². The van der Waals surface area contributed by atoms with Crippen LogP contribution in [-0.2, 0) is 19.6 Å². The Morgan fingerprint density at radius 3 is 2.26 bits per heavy atom. The van der Waals surface area contributed by atoms with Crippen molar-refractivity contribution in [2.24, 2.45) is 0 Å². The Labute approximate surface area is 198 Å². The Morgan fingerprint density at radius 1 is 0.882 bits per heavy atom. The highest BCUT2D eigenvalue weighted by Crippen LogP contribution is 2.21. The summed E-state index contributed by atoms with van der Waals surface area (Å²) in [6.45, 7) is 1.77. The van der Waals surface area contributed by atoms with Crippen LogP contribution in [0.25, 0.3) is 0 Å². The number of sulfonamides is 1. The van der Waals surface area contributed by atoms with Gasteiger partial charge >= 0.3 is 5.97 Å². The maximum absolute atomic E-state index is 12.9. The van der Waals surface area contributed by atoms with Crippen molar-refractivity contribution in [3.05, 3.63) is 54.0 Å². The minimum absolute atomic E-state index is 0.0347. The Hall–Kier alpha value is -3.18. The highest BCUT2D eigenvalue weighted by atomic mass is 32.2. The number of nitrogens with zero attached hydrogens (tertiary/aromatic N) is 3. The van der Waals surface area contributed by atoms with Crippen molar-refractivity contribution in [1.29, 1.82) is 0 Å². The number of hydrogen-bond donors (Lipinski definition) is 0. The van der Waals surface area contributed by atoms with Crippen LogP contribution in [0.4, 0.5) is 0 Å². The van der Waals surface area contributed by atoms with Gasteiger partial charge in [-0.3, -0.25) is 9.59 Å². The predicted octanol–water partition coefficient (Wildman–Crippen LogP) is 1.60. The van der Waals surface area contributed by atoms with Gasteiger partial charge in [-0.05, 0) is 43.2 Å². The van der Waals surface area contributed by atoms with E-state index in [1.807, 2.05) is 0 Å². The molecular weight excluding hydrogens is 462 g/mol. The smallest absolute Gasteiger partial charge is 0.338 e. The predicted molar refractivity (Wildman–Crippen MR) is 121 cm³/mol. The second-order valence-corrected chi connectivity index (χ2v) is 10.2. The minimum atomic E-state index is -3.68. The third-order valence-corrected chi connectivity index (χ3v) is 7.90. The van der Waals surface area contributed by atoms with Gasteiger partial charge in [-0.15, -0.1) is 0 Å². The molecule has 2 aliphatic rings. The molecule has 0 unspecified atom stereocenters. The molecule has 10 nitrogen and oxygen atoms in total. The monoisotopic (exact) mass is 489 g/mol. The lowest BCUT2D eigenvalue weighted by Crippen LogP contribution is -2.51. The first-order valence-electron chi connectivity index (χ1n) is 11.2. The number of furan rings is 1. The molecule has 2 saturated heterocycles. The standard InChI is InChI=1S/C23H27N3O7S/c27-21(24-11-13-25(14-12-24)22(28)20-8-5-15-32-20)17-33-23(29)18-6-4-7-19(16-18)34(30,31)26-9-2-1-3-10-26/h4-8,15-16H,1-3,9-14,17H2. The zero-order valence-corrected chi connectivity index (χ0v) is 19.5. The first-order chi connectivity index (χ1) is 16.4. The molecule has 2 aromatic rings. The van der Waals surface area contributed by atoms with Gasteiger partial charge in [-0.1, -0.05) is 12.5 Å². The molecule has 11 heteroatoms. The van der Waals surface area contributed by atoms with Crippen LogP contribution < -0.4 is 0 Å². The Bertz CT molecular complexity index is 1130. The van der Waals surface area contributed by atoms with Gasteiger partial charge in [-0.25, -0.2) is 13.2 Å². The van der Waals surface area contributed by atoms with E-state index < -0.39 is 22.6 Å². The molecule has 0 radical (unpaired) electrons. The summed E-state index contributed by atoms with van der Waals surface area (Å²) in [7, 11) is -3.68. The van der Waals surface area contributed by atoms with Crippen molar-refractivity contribution in [3.8, 4) is 0 Å². The van der Waals surface area contributed by atoms with E-state index in [4.69, 9.17) is 9.15 Å². The van der Waals surface area contributed by atoms with E-state index in [0.29, 0.717) is 39.3 Å². The summed E-state index contributed by atoms with van der Waals surface area (Å²) in [5, 5.41) is 0. The largest absolute Gasteiger partial charge is 0.459 e. The lowest BCUT2D eigenvalue weighted by Gasteiger charge is -2.34. The van der Waals surface area contributed by atoms with Gasteiger partial charge in [0.2, 0.25) is 10.0 Å². The van der Waals surface area contributed by atoms with Gasteiger partial charge in [0.1, 0.15) is 0 Å². The van der Waals surface area contributed by atoms with Gasteiger partial charge in [0.15, 0.2) is 12.4 Å². The molecule has 0 spiro atoms. The summed E-state index contributed by atoms with van der Waals surface area (Å²) in [6, 6.07) is 8.92. The second kappa shape index (κ2) is 10.4. The second-order valence-electron chi connectivity index (χ2n) is 8.22. The fraction of sp³-hybridized carbons (Fsp3) is 0.435. The summed E-state index contributed by atoms with van der Waals surface area (Å²) >= 11 is 0. The first kappa shape index (κ1) is 24.0. The van der Waals surface area contributed by atoms with Crippen LogP contribution in [0.1, 0.15) is 40.2 Å². The molecule has 3 heterocycles. The van der Waals surface area contributed by atoms with Crippen LogP contribution in [0.15, 0.2) is 52.0 Å². The molecule has 4 rings (SSSR count). The summed E-state index contributed by atoms with van der Waals surface area (Å²) in [5.74, 6) is -1.13. The number of carbonyl (C=O) groups is 3. The Morgan fingerprint density at radius 2 is 1.59 bits per heavy atom. The number of piperazine rings is 1. The Balaban J connectivity index is 1.29. The minimum Gasteiger partial charge on any atom is -0.459 e. The number of benzene rings is 1. The van der Waals surface area contributed by atoms with Crippen LogP contribution in [0, 0.1) is 0 Å². The fourth-order valence-corrected chi connectivity index (χ4v) is 5.62. The van der Waals surface area contributed by atoms with Crippen LogP contribution >= 0.6 is 0 Å². The average molecular weight is 490 g/mol.